The van der Waals surface area contributed by atoms with Crippen molar-refractivity contribution in [1.29, 1.82) is 0 Å². The summed E-state index contributed by atoms with van der Waals surface area (Å²) in [5.41, 5.74) is 1.07. The number of hydrogen-bond donors (Lipinski definition) is 3. The Morgan fingerprint density at radius 3 is 2.23 bits per heavy atom. The van der Waals surface area contributed by atoms with Crippen molar-refractivity contribution >= 4 is 46.4 Å². The van der Waals surface area contributed by atoms with Crippen molar-refractivity contribution in [3.05, 3.63) is 76.2 Å². The molecule has 1 heterocycles. The summed E-state index contributed by atoms with van der Waals surface area (Å²) < 4.78 is 5.02. The maximum atomic E-state index is 12.4. The van der Waals surface area contributed by atoms with Gasteiger partial charge in [0, 0.05) is 16.9 Å². The molecule has 1 aromatic heterocycles. The molecule has 0 aliphatic rings. The predicted octanol–water partition coefficient (Wildman–Crippen LogP) is 4.80. The lowest BCUT2D eigenvalue weighted by Crippen LogP contribution is -2.14. The van der Waals surface area contributed by atoms with Crippen molar-refractivity contribution in [3.8, 4) is 5.75 Å². The van der Waals surface area contributed by atoms with Crippen LogP contribution in [0.3, 0.4) is 0 Å². The Labute approximate surface area is 158 Å². The summed E-state index contributed by atoms with van der Waals surface area (Å²) in [4.78, 5) is 24.4. The Kier molecular flexibility index (Phi) is 5.16. The lowest BCUT2D eigenvalue weighted by atomic mass is 10.1. The van der Waals surface area contributed by atoms with Crippen LogP contribution >= 0.6 is 23.2 Å². The summed E-state index contributed by atoms with van der Waals surface area (Å²) in [7, 11) is 0. The maximum absolute atomic E-state index is 12.4. The van der Waals surface area contributed by atoms with Gasteiger partial charge in [-0.15, -0.1) is 0 Å². The van der Waals surface area contributed by atoms with Gasteiger partial charge in [-0.25, -0.2) is 0 Å². The van der Waals surface area contributed by atoms with E-state index in [0.717, 1.165) is 0 Å². The quantitative estimate of drug-likeness (QED) is 0.558. The van der Waals surface area contributed by atoms with Crippen molar-refractivity contribution < 1.29 is 19.1 Å². The van der Waals surface area contributed by atoms with Gasteiger partial charge in [0.1, 0.15) is 0 Å². The van der Waals surface area contributed by atoms with Crippen LogP contribution < -0.4 is 10.6 Å². The van der Waals surface area contributed by atoms with Crippen LogP contribution in [-0.2, 0) is 0 Å². The van der Waals surface area contributed by atoms with Crippen molar-refractivity contribution in [2.45, 2.75) is 0 Å². The van der Waals surface area contributed by atoms with E-state index in [0.29, 0.717) is 16.9 Å². The van der Waals surface area contributed by atoms with E-state index in [1.54, 1.807) is 24.3 Å². The monoisotopic (exact) mass is 390 g/mol. The number of hydrogen-bond acceptors (Lipinski definition) is 4. The zero-order chi connectivity index (χ0) is 18.7. The van der Waals surface area contributed by atoms with Gasteiger partial charge >= 0.3 is 0 Å². The fourth-order valence-electron chi connectivity index (χ4n) is 2.18. The van der Waals surface area contributed by atoms with Crippen LogP contribution in [0.4, 0.5) is 11.4 Å². The van der Waals surface area contributed by atoms with Gasteiger partial charge in [-0.2, -0.15) is 0 Å². The van der Waals surface area contributed by atoms with E-state index in [2.05, 4.69) is 10.6 Å². The lowest BCUT2D eigenvalue weighted by Gasteiger charge is -2.09. The highest BCUT2D eigenvalue weighted by Crippen LogP contribution is 2.34. The summed E-state index contributed by atoms with van der Waals surface area (Å²) in [6.45, 7) is 0. The first-order valence-corrected chi connectivity index (χ1v) is 8.14. The summed E-state index contributed by atoms with van der Waals surface area (Å²) in [6, 6.07) is 12.3. The molecule has 2 aromatic carbocycles. The van der Waals surface area contributed by atoms with Gasteiger partial charge in [-0.1, -0.05) is 29.3 Å². The van der Waals surface area contributed by atoms with Crippen LogP contribution in [0.5, 0.6) is 5.75 Å². The molecule has 0 aliphatic heterocycles. The summed E-state index contributed by atoms with van der Waals surface area (Å²) in [5.74, 6) is -0.955. The molecule has 0 bridgehead atoms. The number of phenolic OH excluding ortho intramolecular Hbond substituents is 1. The lowest BCUT2D eigenvalue weighted by molar-refractivity contribution is 0.0993. The fourth-order valence-corrected chi connectivity index (χ4v) is 2.67. The van der Waals surface area contributed by atoms with Gasteiger partial charge in [0.25, 0.3) is 11.8 Å². The van der Waals surface area contributed by atoms with Gasteiger partial charge in [0.2, 0.25) is 0 Å². The highest BCUT2D eigenvalue weighted by Gasteiger charge is 2.13. The number of furan rings is 1. The van der Waals surface area contributed by atoms with E-state index in [-0.39, 0.29) is 21.6 Å². The summed E-state index contributed by atoms with van der Waals surface area (Å²) in [5, 5.41) is 14.9. The molecule has 0 radical (unpaired) electrons. The number of halogens is 2. The first-order valence-electron chi connectivity index (χ1n) is 7.38. The Bertz CT molecular complexity index is 948. The number of nitrogens with one attached hydrogen (secondary N) is 2. The van der Waals surface area contributed by atoms with E-state index in [1.165, 1.54) is 30.5 Å². The molecular weight excluding hydrogens is 379 g/mol. The molecule has 0 unspecified atom stereocenters. The largest absolute Gasteiger partial charge is 0.505 e. The Balaban J connectivity index is 1.75. The minimum atomic E-state index is -0.433. The number of carbonyl (C=O) groups is 2. The summed E-state index contributed by atoms with van der Waals surface area (Å²) in [6.07, 6.45) is 1.40. The highest BCUT2D eigenvalue weighted by molar-refractivity contribution is 6.37. The molecule has 3 rings (SSSR count). The van der Waals surface area contributed by atoms with Crippen LogP contribution in [-0.4, -0.2) is 16.9 Å². The molecule has 132 valence electrons. The minimum absolute atomic E-state index is 0.0206. The number of amides is 2. The second-order valence-electron chi connectivity index (χ2n) is 5.25. The smallest absolute Gasteiger partial charge is 0.291 e. The van der Waals surface area contributed by atoms with E-state index in [9.17, 15) is 14.7 Å². The van der Waals surface area contributed by atoms with Crippen molar-refractivity contribution in [2.24, 2.45) is 0 Å². The number of carbonyl (C=O) groups excluding carboxylic acids is 2. The number of aromatic hydroxyl groups is 1. The Morgan fingerprint density at radius 1 is 0.885 bits per heavy atom. The van der Waals surface area contributed by atoms with E-state index >= 15 is 0 Å². The number of benzene rings is 2. The van der Waals surface area contributed by atoms with Crippen molar-refractivity contribution in [2.75, 3.05) is 10.6 Å². The zero-order valence-electron chi connectivity index (χ0n) is 13.1. The van der Waals surface area contributed by atoms with Crippen LogP contribution in [0.1, 0.15) is 20.9 Å². The highest BCUT2D eigenvalue weighted by atomic mass is 35.5. The molecule has 6 nitrogen and oxygen atoms in total. The predicted molar refractivity (Wildman–Crippen MR) is 99.2 cm³/mol. The van der Waals surface area contributed by atoms with Crippen LogP contribution in [0, 0.1) is 0 Å². The molecule has 0 saturated carbocycles. The van der Waals surface area contributed by atoms with Crippen molar-refractivity contribution in [1.82, 2.24) is 0 Å². The van der Waals surface area contributed by atoms with Crippen LogP contribution in [0.2, 0.25) is 10.0 Å². The summed E-state index contributed by atoms with van der Waals surface area (Å²) >= 11 is 11.7. The Morgan fingerprint density at radius 2 is 1.58 bits per heavy atom. The topological polar surface area (TPSA) is 91.6 Å². The van der Waals surface area contributed by atoms with E-state index in [1.807, 2.05) is 0 Å². The van der Waals surface area contributed by atoms with E-state index < -0.39 is 11.8 Å². The van der Waals surface area contributed by atoms with E-state index in [4.69, 9.17) is 27.6 Å². The SMILES string of the molecule is O=C(Nc1cc(Cl)c(O)c(Cl)c1)c1cccc(NC(=O)c2ccco2)c1. The second-order valence-corrected chi connectivity index (χ2v) is 6.07. The molecule has 26 heavy (non-hydrogen) atoms. The Hall–Kier alpha value is -2.96. The molecule has 3 N–H and O–H groups in total. The molecule has 0 aliphatic carbocycles. The molecule has 8 heteroatoms. The van der Waals surface area contributed by atoms with Gasteiger partial charge in [-0.05, 0) is 42.5 Å². The van der Waals surface area contributed by atoms with Gasteiger partial charge in [0.15, 0.2) is 11.5 Å². The molecule has 0 spiro atoms. The molecule has 3 aromatic rings. The number of rotatable bonds is 4. The minimum Gasteiger partial charge on any atom is -0.505 e. The molecule has 2 amide bonds. The van der Waals surface area contributed by atoms with Crippen LogP contribution in [0.15, 0.2) is 59.2 Å². The maximum Gasteiger partial charge on any atom is 0.291 e. The van der Waals surface area contributed by atoms with Crippen molar-refractivity contribution in [3.63, 3.8) is 0 Å². The second kappa shape index (κ2) is 7.51. The van der Waals surface area contributed by atoms with Crippen LogP contribution in [0.25, 0.3) is 0 Å². The molecule has 0 saturated heterocycles. The average Bonchev–Trinajstić information content (AvgIpc) is 3.14. The number of anilines is 2. The molecular formula is C18H12Cl2N2O4. The van der Waals surface area contributed by atoms with Gasteiger partial charge in [-0.3, -0.25) is 9.59 Å². The fraction of sp³-hybridized carbons (Fsp3) is 0. The van der Waals surface area contributed by atoms with Gasteiger partial charge < -0.3 is 20.2 Å². The first-order chi connectivity index (χ1) is 12.4. The standard InChI is InChI=1S/C18H12Cl2N2O4/c19-13-8-12(9-14(20)16(13)23)22-17(24)10-3-1-4-11(7-10)21-18(25)15-5-2-6-26-15/h1-9,23H,(H,21,25)(H,22,24). The zero-order valence-corrected chi connectivity index (χ0v) is 14.6. The third kappa shape index (κ3) is 3.99. The molecule has 0 atom stereocenters. The third-order valence-electron chi connectivity index (χ3n) is 3.40. The average molecular weight is 391 g/mol. The van der Waals surface area contributed by atoms with Gasteiger partial charge in [0.05, 0.1) is 16.3 Å². The normalized spacial score (nSPS) is 10.4. The number of phenols is 1. The molecule has 0 fully saturated rings. The third-order valence-corrected chi connectivity index (χ3v) is 3.98. The first kappa shape index (κ1) is 17.8.